The third kappa shape index (κ3) is 3.01. The van der Waals surface area contributed by atoms with Crippen LogP contribution in [0.15, 0.2) is 0 Å². The first-order valence-electron chi connectivity index (χ1n) is 6.89. The predicted molar refractivity (Wildman–Crippen MR) is 69.8 cm³/mol. The van der Waals surface area contributed by atoms with Gasteiger partial charge >= 0.3 is 5.97 Å². The monoisotopic (exact) mass is 241 g/mol. The minimum absolute atomic E-state index is 0.0623. The molecule has 0 bridgehead atoms. The van der Waals surface area contributed by atoms with Crippen molar-refractivity contribution in [1.82, 2.24) is 5.32 Å². The summed E-state index contributed by atoms with van der Waals surface area (Å²) in [6.07, 6.45) is 3.21. The van der Waals surface area contributed by atoms with Crippen molar-refractivity contribution < 1.29 is 9.53 Å². The van der Waals surface area contributed by atoms with Crippen LogP contribution in [0.1, 0.15) is 53.9 Å². The van der Waals surface area contributed by atoms with Gasteiger partial charge in [0.05, 0.1) is 6.61 Å². The zero-order valence-electron chi connectivity index (χ0n) is 11.9. The van der Waals surface area contributed by atoms with E-state index in [0.29, 0.717) is 24.5 Å². The average Bonchev–Trinajstić information content (AvgIpc) is 2.24. The Kier molecular flexibility index (Phi) is 4.99. The van der Waals surface area contributed by atoms with Gasteiger partial charge in [-0.05, 0) is 39.0 Å². The molecular formula is C14H27NO2. The third-order valence-electron chi connectivity index (χ3n) is 4.05. The fourth-order valence-corrected chi connectivity index (χ4v) is 2.99. The van der Waals surface area contributed by atoms with E-state index in [0.717, 1.165) is 12.8 Å². The number of ether oxygens (including phenoxy) is 1. The van der Waals surface area contributed by atoms with Crippen LogP contribution in [0.25, 0.3) is 0 Å². The van der Waals surface area contributed by atoms with Crippen LogP contribution in [0.5, 0.6) is 0 Å². The van der Waals surface area contributed by atoms with Gasteiger partial charge in [0.25, 0.3) is 0 Å². The average molecular weight is 241 g/mol. The molecule has 1 rings (SSSR count). The highest BCUT2D eigenvalue weighted by Crippen LogP contribution is 2.38. The Morgan fingerprint density at radius 1 is 1.47 bits per heavy atom. The van der Waals surface area contributed by atoms with Crippen molar-refractivity contribution in [2.24, 2.45) is 11.8 Å². The van der Waals surface area contributed by atoms with Crippen molar-refractivity contribution in [1.29, 1.82) is 0 Å². The van der Waals surface area contributed by atoms with E-state index in [1.807, 2.05) is 6.92 Å². The lowest BCUT2D eigenvalue weighted by atomic mass is 9.68. The van der Waals surface area contributed by atoms with Crippen LogP contribution in [0.3, 0.4) is 0 Å². The molecule has 0 saturated heterocycles. The van der Waals surface area contributed by atoms with Crippen LogP contribution in [-0.2, 0) is 9.53 Å². The van der Waals surface area contributed by atoms with Gasteiger partial charge in [-0.25, -0.2) is 0 Å². The number of nitrogens with one attached hydrogen (secondary N) is 1. The second kappa shape index (κ2) is 5.85. The summed E-state index contributed by atoms with van der Waals surface area (Å²) < 4.78 is 5.30. The zero-order valence-corrected chi connectivity index (χ0v) is 11.9. The molecule has 1 fully saturated rings. The molecule has 3 heteroatoms. The van der Waals surface area contributed by atoms with Crippen LogP contribution in [0.4, 0.5) is 0 Å². The summed E-state index contributed by atoms with van der Waals surface area (Å²) >= 11 is 0. The summed E-state index contributed by atoms with van der Waals surface area (Å²) in [5, 5.41) is 3.49. The summed E-state index contributed by atoms with van der Waals surface area (Å²) in [6, 6.07) is 0.298. The lowest BCUT2D eigenvalue weighted by Crippen LogP contribution is -2.62. The van der Waals surface area contributed by atoms with E-state index in [4.69, 9.17) is 4.74 Å². The predicted octanol–water partition coefficient (Wildman–Crippen LogP) is 2.74. The van der Waals surface area contributed by atoms with Crippen LogP contribution in [0, 0.1) is 11.8 Å². The Morgan fingerprint density at radius 2 is 2.12 bits per heavy atom. The van der Waals surface area contributed by atoms with Gasteiger partial charge < -0.3 is 4.74 Å². The van der Waals surface area contributed by atoms with Gasteiger partial charge in [-0.1, -0.05) is 26.7 Å². The molecule has 0 aromatic heterocycles. The minimum Gasteiger partial charge on any atom is -0.465 e. The van der Waals surface area contributed by atoms with Gasteiger partial charge in [0, 0.05) is 6.04 Å². The molecule has 0 spiro atoms. The molecule has 1 N–H and O–H groups in total. The van der Waals surface area contributed by atoms with E-state index < -0.39 is 5.54 Å². The van der Waals surface area contributed by atoms with Crippen LogP contribution >= 0.6 is 0 Å². The summed E-state index contributed by atoms with van der Waals surface area (Å²) in [7, 11) is 0. The standard InChI is InChI=1S/C14H27NO2/c1-6-17-13(16)14(15-10(2)3)9-7-8-11(4)12(14)5/h10-12,15H,6-9H2,1-5H3. The van der Waals surface area contributed by atoms with Gasteiger partial charge in [-0.2, -0.15) is 0 Å². The highest BCUT2D eigenvalue weighted by atomic mass is 16.5. The van der Waals surface area contributed by atoms with Gasteiger partial charge in [-0.15, -0.1) is 0 Å². The van der Waals surface area contributed by atoms with E-state index in [9.17, 15) is 4.79 Å². The molecule has 3 atom stereocenters. The molecule has 0 aliphatic heterocycles. The molecule has 17 heavy (non-hydrogen) atoms. The van der Waals surface area contributed by atoms with Crippen molar-refractivity contribution in [3.8, 4) is 0 Å². The number of carbonyl (C=O) groups excluding carboxylic acids is 1. The van der Waals surface area contributed by atoms with Gasteiger partial charge in [0.2, 0.25) is 0 Å². The Morgan fingerprint density at radius 3 is 2.65 bits per heavy atom. The summed E-state index contributed by atoms with van der Waals surface area (Å²) in [5.74, 6) is 0.838. The molecule has 3 nitrogen and oxygen atoms in total. The SMILES string of the molecule is CCOC(=O)C1(NC(C)C)CCCC(C)C1C. The maximum absolute atomic E-state index is 12.3. The smallest absolute Gasteiger partial charge is 0.326 e. The van der Waals surface area contributed by atoms with E-state index >= 15 is 0 Å². The molecule has 0 radical (unpaired) electrons. The molecule has 1 saturated carbocycles. The molecule has 0 amide bonds. The van der Waals surface area contributed by atoms with Crippen LogP contribution in [-0.4, -0.2) is 24.2 Å². The first-order chi connectivity index (χ1) is 7.94. The molecule has 100 valence electrons. The Balaban J connectivity index is 2.95. The molecule has 3 unspecified atom stereocenters. The first kappa shape index (κ1) is 14.5. The molecule has 0 heterocycles. The van der Waals surface area contributed by atoms with Crippen molar-refractivity contribution in [3.05, 3.63) is 0 Å². The molecule has 1 aliphatic carbocycles. The van der Waals surface area contributed by atoms with Gasteiger partial charge in [0.15, 0.2) is 0 Å². The lowest BCUT2D eigenvalue weighted by Gasteiger charge is -2.45. The van der Waals surface area contributed by atoms with Crippen molar-refractivity contribution >= 4 is 5.97 Å². The van der Waals surface area contributed by atoms with E-state index in [2.05, 4.69) is 33.0 Å². The second-order valence-corrected chi connectivity index (χ2v) is 5.65. The first-order valence-corrected chi connectivity index (χ1v) is 6.89. The number of carbonyl (C=O) groups is 1. The Bertz CT molecular complexity index is 265. The molecular weight excluding hydrogens is 214 g/mol. The number of hydrogen-bond donors (Lipinski definition) is 1. The highest BCUT2D eigenvalue weighted by Gasteiger charge is 2.48. The maximum atomic E-state index is 12.3. The summed E-state index contributed by atoms with van der Waals surface area (Å²) in [4.78, 5) is 12.3. The molecule has 0 aromatic rings. The van der Waals surface area contributed by atoms with Crippen molar-refractivity contribution in [2.45, 2.75) is 65.5 Å². The summed E-state index contributed by atoms with van der Waals surface area (Å²) in [5.41, 5.74) is -0.470. The maximum Gasteiger partial charge on any atom is 0.326 e. The van der Waals surface area contributed by atoms with Gasteiger partial charge in [-0.3, -0.25) is 10.1 Å². The Labute approximate surface area is 105 Å². The zero-order chi connectivity index (χ0) is 13.1. The van der Waals surface area contributed by atoms with Crippen LogP contribution in [0.2, 0.25) is 0 Å². The highest BCUT2D eigenvalue weighted by molar-refractivity contribution is 5.81. The van der Waals surface area contributed by atoms with Crippen molar-refractivity contribution in [2.75, 3.05) is 6.61 Å². The van der Waals surface area contributed by atoms with Crippen molar-refractivity contribution in [3.63, 3.8) is 0 Å². The molecule has 1 aliphatic rings. The molecule has 0 aromatic carbocycles. The third-order valence-corrected chi connectivity index (χ3v) is 4.05. The van der Waals surface area contributed by atoms with E-state index in [1.54, 1.807) is 0 Å². The minimum atomic E-state index is -0.470. The number of rotatable bonds is 4. The topological polar surface area (TPSA) is 38.3 Å². The normalized spacial score (nSPS) is 33.8. The largest absolute Gasteiger partial charge is 0.465 e. The fourth-order valence-electron chi connectivity index (χ4n) is 2.99. The lowest BCUT2D eigenvalue weighted by molar-refractivity contribution is -0.157. The quantitative estimate of drug-likeness (QED) is 0.769. The Hall–Kier alpha value is -0.570. The fraction of sp³-hybridized carbons (Fsp3) is 0.929. The van der Waals surface area contributed by atoms with Gasteiger partial charge in [0.1, 0.15) is 5.54 Å². The van der Waals surface area contributed by atoms with E-state index in [-0.39, 0.29) is 5.97 Å². The second-order valence-electron chi connectivity index (χ2n) is 5.65. The number of esters is 1. The summed E-state index contributed by atoms with van der Waals surface area (Å²) in [6.45, 7) is 10.9. The number of hydrogen-bond acceptors (Lipinski definition) is 3. The van der Waals surface area contributed by atoms with Crippen LogP contribution < -0.4 is 5.32 Å². The van der Waals surface area contributed by atoms with E-state index in [1.165, 1.54) is 6.42 Å².